The largest absolute Gasteiger partial charge is 0.506 e. The SMILES string of the molecule is CC(C)=CCCC1(C)C=Cc2c(O)c3c(c(CC=C(C)C)c2O1)OC12C(=CC4CC1C(C)(C)OC2(CC=C(C)C(=O)NCCCCCC(=O)On1c(O)ccc1O)C4=O)C3=O. The molecule has 8 rings (SSSR count). The number of Topliss-reactive ketones (excluding diaryl/α,β-unsaturated/α-hetero) is 2. The van der Waals surface area contributed by atoms with Gasteiger partial charge in [0, 0.05) is 60.1 Å². The quantitative estimate of drug-likeness (QED) is 0.0784. The van der Waals surface area contributed by atoms with E-state index in [1.165, 1.54) is 17.7 Å². The van der Waals surface area contributed by atoms with Gasteiger partial charge in [-0.3, -0.25) is 14.4 Å². The summed E-state index contributed by atoms with van der Waals surface area (Å²) in [5.74, 6) is -3.01. The number of hydrogen-bond donors (Lipinski definition) is 4. The number of hydrogen-bond acceptors (Lipinski definition) is 11. The summed E-state index contributed by atoms with van der Waals surface area (Å²) in [6.45, 7) is 15.9. The smallest absolute Gasteiger partial charge is 0.333 e. The van der Waals surface area contributed by atoms with Gasteiger partial charge in [0.2, 0.25) is 17.7 Å². The van der Waals surface area contributed by atoms with E-state index in [1.807, 2.05) is 52.8 Å². The van der Waals surface area contributed by atoms with Gasteiger partial charge in [-0.2, -0.15) is 0 Å². The Morgan fingerprint density at radius 3 is 2.33 bits per heavy atom. The second-order valence-corrected chi connectivity index (χ2v) is 18.3. The van der Waals surface area contributed by atoms with E-state index in [0.717, 1.165) is 12.0 Å². The number of nitrogens with one attached hydrogen (secondary N) is 1. The Morgan fingerprint density at radius 1 is 0.934 bits per heavy atom. The highest BCUT2D eigenvalue weighted by Gasteiger charge is 2.81. The minimum Gasteiger partial charge on any atom is -0.506 e. The summed E-state index contributed by atoms with van der Waals surface area (Å²) in [6, 6.07) is 2.40. The molecule has 6 aliphatic rings. The van der Waals surface area contributed by atoms with Crippen LogP contribution in [0.5, 0.6) is 29.0 Å². The standard InChI is InChI=1S/C48H58N2O11/c1-27(2)13-12-21-46(8)22-20-31-39(54)38-40(55)33-25-30-26-34-45(6,7)61-47(43(30)56,48(33,34)59-42(38)32(41(31)58-46)16-15-28(3)4)23-19-29(5)44(57)49-24-11-9-10-14-37(53)60-50-35(51)17-18-36(50)52/h13,15,17-20,22,25,30,34,51-52,54H,9-12,14,16,21,23-24,26H2,1-8H3,(H,49,57). The highest BCUT2D eigenvalue weighted by atomic mass is 16.7. The molecule has 1 amide bonds. The lowest BCUT2D eigenvalue weighted by atomic mass is 9.51. The van der Waals surface area contributed by atoms with Crippen LogP contribution in [0.1, 0.15) is 128 Å². The number of aromatic hydroxyl groups is 3. The summed E-state index contributed by atoms with van der Waals surface area (Å²) in [7, 11) is 0. The number of allylic oxidation sites excluding steroid dienone is 5. The molecule has 2 aromatic rings. The van der Waals surface area contributed by atoms with Crippen LogP contribution in [-0.2, 0) is 25.5 Å². The van der Waals surface area contributed by atoms with Crippen molar-refractivity contribution in [1.29, 1.82) is 0 Å². The number of phenols is 1. The van der Waals surface area contributed by atoms with Gasteiger partial charge in [-0.25, -0.2) is 4.79 Å². The van der Waals surface area contributed by atoms with Crippen LogP contribution < -0.4 is 19.6 Å². The molecule has 4 heterocycles. The Balaban J connectivity index is 1.15. The molecule has 61 heavy (non-hydrogen) atoms. The zero-order valence-electron chi connectivity index (χ0n) is 36.4. The molecule has 1 saturated carbocycles. The summed E-state index contributed by atoms with van der Waals surface area (Å²) in [6.07, 6.45) is 15.2. The number of benzene rings is 1. The van der Waals surface area contributed by atoms with Gasteiger partial charge in [0.15, 0.2) is 22.8 Å². The molecule has 2 fully saturated rings. The van der Waals surface area contributed by atoms with Gasteiger partial charge in [0.1, 0.15) is 28.4 Å². The minimum absolute atomic E-state index is 0.0298. The maximum atomic E-state index is 15.0. The molecule has 3 aliphatic carbocycles. The van der Waals surface area contributed by atoms with Crippen molar-refractivity contribution in [3.8, 4) is 29.0 Å². The van der Waals surface area contributed by atoms with Gasteiger partial charge in [-0.15, -0.1) is 4.73 Å². The number of fused-ring (bicyclic) bond motifs is 2. The highest BCUT2D eigenvalue weighted by molar-refractivity contribution is 6.19. The third-order valence-electron chi connectivity index (χ3n) is 12.8. The van der Waals surface area contributed by atoms with Gasteiger partial charge in [-0.05, 0) is 106 Å². The van der Waals surface area contributed by atoms with Crippen LogP contribution in [0, 0.1) is 11.8 Å². The number of phenolic OH excluding ortho intramolecular Hbond substituents is 1. The number of ether oxygens (including phenoxy) is 3. The summed E-state index contributed by atoms with van der Waals surface area (Å²) in [4.78, 5) is 60.3. The maximum absolute atomic E-state index is 15.0. The normalized spacial score (nSPS) is 26.3. The Morgan fingerprint density at radius 2 is 1.64 bits per heavy atom. The molecular formula is C48H58N2O11. The molecule has 0 radical (unpaired) electrons. The van der Waals surface area contributed by atoms with E-state index in [2.05, 4.69) is 25.2 Å². The van der Waals surface area contributed by atoms with Crippen molar-refractivity contribution in [2.75, 3.05) is 6.54 Å². The predicted octanol–water partition coefficient (Wildman–Crippen LogP) is 7.70. The number of carbonyl (C=O) groups excluding carboxylic acids is 4. The lowest BCUT2D eigenvalue weighted by molar-refractivity contribution is -0.171. The molecule has 1 aromatic heterocycles. The Bertz CT molecular complexity index is 2320. The lowest BCUT2D eigenvalue weighted by Crippen LogP contribution is -2.72. The number of ketones is 2. The first-order valence-corrected chi connectivity index (χ1v) is 21.3. The molecule has 1 saturated heterocycles. The predicted molar refractivity (Wildman–Crippen MR) is 227 cm³/mol. The monoisotopic (exact) mass is 838 g/mol. The maximum Gasteiger partial charge on any atom is 0.333 e. The molecule has 13 heteroatoms. The lowest BCUT2D eigenvalue weighted by Gasteiger charge is -2.56. The van der Waals surface area contributed by atoms with Crippen molar-refractivity contribution in [3.05, 3.63) is 81.5 Å². The number of amides is 1. The van der Waals surface area contributed by atoms with Crippen LogP contribution in [0.3, 0.4) is 0 Å². The molecule has 1 spiro atoms. The van der Waals surface area contributed by atoms with Gasteiger partial charge in [-0.1, -0.05) is 41.9 Å². The fraction of sp³-hybridized carbons (Fsp3) is 0.500. The van der Waals surface area contributed by atoms with E-state index in [0.29, 0.717) is 77.8 Å². The summed E-state index contributed by atoms with van der Waals surface area (Å²) >= 11 is 0. The van der Waals surface area contributed by atoms with Crippen molar-refractivity contribution in [1.82, 2.24) is 10.0 Å². The zero-order chi connectivity index (χ0) is 44.2. The minimum atomic E-state index is -1.65. The molecule has 5 unspecified atom stereocenters. The average molecular weight is 839 g/mol. The summed E-state index contributed by atoms with van der Waals surface area (Å²) < 4.78 is 21.6. The van der Waals surface area contributed by atoms with Gasteiger partial charge in [0.25, 0.3) is 0 Å². The van der Waals surface area contributed by atoms with Gasteiger partial charge >= 0.3 is 5.97 Å². The van der Waals surface area contributed by atoms with E-state index >= 15 is 4.79 Å². The molecule has 4 N–H and O–H groups in total. The van der Waals surface area contributed by atoms with Crippen molar-refractivity contribution >= 4 is 29.5 Å². The van der Waals surface area contributed by atoms with Crippen molar-refractivity contribution in [2.45, 2.75) is 136 Å². The van der Waals surface area contributed by atoms with E-state index in [-0.39, 0.29) is 41.6 Å². The molecule has 326 valence electrons. The first-order valence-electron chi connectivity index (χ1n) is 21.3. The fourth-order valence-electron chi connectivity index (χ4n) is 9.73. The molecule has 1 aromatic carbocycles. The molecule has 3 aliphatic heterocycles. The van der Waals surface area contributed by atoms with E-state index < -0.39 is 57.8 Å². The van der Waals surface area contributed by atoms with Crippen molar-refractivity contribution < 1.29 is 53.5 Å². The first-order chi connectivity index (χ1) is 28.7. The third kappa shape index (κ3) is 7.48. The topological polar surface area (TPSA) is 183 Å². The third-order valence-corrected chi connectivity index (χ3v) is 12.8. The molecule has 4 bridgehead atoms. The van der Waals surface area contributed by atoms with Crippen molar-refractivity contribution in [2.24, 2.45) is 11.8 Å². The Hall–Kier alpha value is -5.56. The van der Waals surface area contributed by atoms with Crippen LogP contribution in [0.15, 0.2) is 64.8 Å². The van der Waals surface area contributed by atoms with Crippen molar-refractivity contribution in [3.63, 3.8) is 0 Å². The molecule has 13 nitrogen and oxygen atoms in total. The summed E-state index contributed by atoms with van der Waals surface area (Å²) in [5.41, 5.74) is -0.833. The van der Waals surface area contributed by atoms with Crippen LogP contribution in [0.4, 0.5) is 0 Å². The van der Waals surface area contributed by atoms with Gasteiger partial charge in [0.05, 0.1) is 11.2 Å². The number of nitrogens with zero attached hydrogens (tertiary/aromatic N) is 1. The van der Waals surface area contributed by atoms with Crippen LogP contribution in [0.2, 0.25) is 0 Å². The number of unbranched alkanes of at least 4 members (excludes halogenated alkanes) is 2. The number of carbonyl (C=O) groups is 4. The van der Waals surface area contributed by atoms with E-state index in [1.54, 1.807) is 19.1 Å². The Labute approximate surface area is 356 Å². The van der Waals surface area contributed by atoms with Crippen LogP contribution >= 0.6 is 0 Å². The first kappa shape index (κ1) is 43.5. The highest BCUT2D eigenvalue weighted by Crippen LogP contribution is 2.68. The summed E-state index contributed by atoms with van der Waals surface area (Å²) in [5, 5.41) is 34.2. The van der Waals surface area contributed by atoms with E-state index in [9.17, 15) is 29.7 Å². The van der Waals surface area contributed by atoms with Gasteiger partial charge < -0.3 is 39.7 Å². The second kappa shape index (κ2) is 16.0. The van der Waals surface area contributed by atoms with Crippen LogP contribution in [-0.4, -0.2) is 72.4 Å². The number of rotatable bonds is 15. The number of aromatic nitrogens is 1. The van der Waals surface area contributed by atoms with Crippen LogP contribution in [0.25, 0.3) is 6.08 Å². The van der Waals surface area contributed by atoms with E-state index in [4.69, 9.17) is 19.0 Å². The average Bonchev–Trinajstić information content (AvgIpc) is 3.58. The second-order valence-electron chi connectivity index (χ2n) is 18.3. The fourth-order valence-corrected chi connectivity index (χ4v) is 9.73. The zero-order valence-corrected chi connectivity index (χ0v) is 36.4. The molecule has 5 atom stereocenters. The Kier molecular flexibility index (Phi) is 11.4. The molecular weight excluding hydrogens is 781 g/mol.